The normalized spacial score (nSPS) is 14.4. The number of aromatic nitrogens is 3. The molecule has 0 saturated carbocycles. The van der Waals surface area contributed by atoms with Gasteiger partial charge in [-0.1, -0.05) is 0 Å². The molecular weight excluding hydrogens is 228 g/mol. The van der Waals surface area contributed by atoms with Crippen molar-refractivity contribution in [2.24, 2.45) is 0 Å². The molecular formula is C13H14N4O. The highest BCUT2D eigenvalue weighted by Gasteiger charge is 2.17. The Kier molecular flexibility index (Phi) is 2.59. The molecule has 2 aromatic heterocycles. The maximum atomic E-state index is 11.2. The third-order valence-corrected chi connectivity index (χ3v) is 3.22. The van der Waals surface area contributed by atoms with Crippen LogP contribution in [0.15, 0.2) is 30.7 Å². The molecule has 0 unspecified atom stereocenters. The van der Waals surface area contributed by atoms with Crippen LogP contribution in [0.5, 0.6) is 0 Å². The van der Waals surface area contributed by atoms with Gasteiger partial charge in [-0.25, -0.2) is 9.97 Å². The van der Waals surface area contributed by atoms with Crippen LogP contribution in [0.3, 0.4) is 0 Å². The molecule has 92 valence electrons. The van der Waals surface area contributed by atoms with Gasteiger partial charge in [0.15, 0.2) is 5.78 Å². The molecule has 3 heterocycles. The zero-order chi connectivity index (χ0) is 12.5. The molecule has 0 amide bonds. The van der Waals surface area contributed by atoms with Crippen molar-refractivity contribution in [3.8, 4) is 0 Å². The summed E-state index contributed by atoms with van der Waals surface area (Å²) in [6.45, 7) is 4.15. The second-order valence-corrected chi connectivity index (χ2v) is 4.42. The fourth-order valence-corrected chi connectivity index (χ4v) is 2.15. The Morgan fingerprint density at radius 1 is 1.28 bits per heavy atom. The van der Waals surface area contributed by atoms with Crippen molar-refractivity contribution in [1.29, 1.82) is 0 Å². The number of imidazole rings is 1. The SMILES string of the molecule is CC(=O)c1ccc(N2CCn3ccnc3C2)nc1. The fourth-order valence-electron chi connectivity index (χ4n) is 2.15. The Morgan fingerprint density at radius 3 is 2.89 bits per heavy atom. The van der Waals surface area contributed by atoms with E-state index in [9.17, 15) is 4.79 Å². The Balaban J connectivity index is 1.82. The second-order valence-electron chi connectivity index (χ2n) is 4.42. The van der Waals surface area contributed by atoms with Gasteiger partial charge >= 0.3 is 0 Å². The zero-order valence-corrected chi connectivity index (χ0v) is 10.2. The van der Waals surface area contributed by atoms with Crippen LogP contribution in [0.1, 0.15) is 23.1 Å². The molecule has 0 saturated heterocycles. The highest BCUT2D eigenvalue weighted by atomic mass is 16.1. The van der Waals surface area contributed by atoms with Gasteiger partial charge < -0.3 is 9.47 Å². The fraction of sp³-hybridized carbons (Fsp3) is 0.308. The third-order valence-electron chi connectivity index (χ3n) is 3.22. The average molecular weight is 242 g/mol. The molecule has 0 bridgehead atoms. The molecule has 0 fully saturated rings. The summed E-state index contributed by atoms with van der Waals surface area (Å²) in [7, 11) is 0. The number of carbonyl (C=O) groups excluding carboxylic acids is 1. The first-order valence-corrected chi connectivity index (χ1v) is 5.96. The number of nitrogens with zero attached hydrogens (tertiary/aromatic N) is 4. The molecule has 0 spiro atoms. The first kappa shape index (κ1) is 11.0. The van der Waals surface area contributed by atoms with Crippen molar-refractivity contribution in [1.82, 2.24) is 14.5 Å². The predicted molar refractivity (Wildman–Crippen MR) is 67.5 cm³/mol. The number of anilines is 1. The Bertz CT molecular complexity index is 573. The molecule has 0 atom stereocenters. The van der Waals surface area contributed by atoms with E-state index >= 15 is 0 Å². The number of hydrogen-bond donors (Lipinski definition) is 0. The van der Waals surface area contributed by atoms with Crippen LogP contribution in [-0.4, -0.2) is 26.9 Å². The first-order chi connectivity index (χ1) is 8.74. The van der Waals surface area contributed by atoms with E-state index in [2.05, 4.69) is 19.4 Å². The predicted octanol–water partition coefficient (Wildman–Crippen LogP) is 1.50. The molecule has 0 radical (unpaired) electrons. The molecule has 1 aliphatic heterocycles. The van der Waals surface area contributed by atoms with Gasteiger partial charge in [-0.05, 0) is 19.1 Å². The summed E-state index contributed by atoms with van der Waals surface area (Å²) in [5, 5.41) is 0. The van der Waals surface area contributed by atoms with Gasteiger partial charge in [-0.2, -0.15) is 0 Å². The molecule has 5 nitrogen and oxygen atoms in total. The van der Waals surface area contributed by atoms with Gasteiger partial charge in [-0.15, -0.1) is 0 Å². The van der Waals surface area contributed by atoms with Crippen LogP contribution < -0.4 is 4.90 Å². The Hall–Kier alpha value is -2.17. The third kappa shape index (κ3) is 1.88. The average Bonchev–Trinajstić information content (AvgIpc) is 2.86. The zero-order valence-electron chi connectivity index (χ0n) is 10.2. The Labute approximate surface area is 105 Å². The minimum absolute atomic E-state index is 0.0447. The lowest BCUT2D eigenvalue weighted by Gasteiger charge is -2.28. The molecule has 5 heteroatoms. The van der Waals surface area contributed by atoms with Crippen LogP contribution in [-0.2, 0) is 13.1 Å². The van der Waals surface area contributed by atoms with Crippen LogP contribution in [0.2, 0.25) is 0 Å². The quantitative estimate of drug-likeness (QED) is 0.749. The topological polar surface area (TPSA) is 51.0 Å². The lowest BCUT2D eigenvalue weighted by Crippen LogP contribution is -2.34. The molecule has 3 rings (SSSR count). The molecule has 2 aromatic rings. The van der Waals surface area contributed by atoms with Crippen LogP contribution >= 0.6 is 0 Å². The lowest BCUT2D eigenvalue weighted by atomic mass is 10.2. The van der Waals surface area contributed by atoms with Crippen LogP contribution in [0.4, 0.5) is 5.82 Å². The molecule has 18 heavy (non-hydrogen) atoms. The van der Waals surface area contributed by atoms with Gasteiger partial charge in [0.1, 0.15) is 11.6 Å². The van der Waals surface area contributed by atoms with Gasteiger partial charge in [0.25, 0.3) is 0 Å². The number of pyridine rings is 1. The standard InChI is InChI=1S/C13H14N4O/c1-10(18)11-2-3-12(15-8-11)17-7-6-16-5-4-14-13(16)9-17/h2-5,8H,6-7,9H2,1H3. The number of ketones is 1. The molecule has 1 aliphatic rings. The van der Waals surface area contributed by atoms with Crippen molar-refractivity contribution < 1.29 is 4.79 Å². The van der Waals surface area contributed by atoms with E-state index < -0.39 is 0 Å². The summed E-state index contributed by atoms with van der Waals surface area (Å²) < 4.78 is 2.15. The van der Waals surface area contributed by atoms with Crippen molar-refractivity contribution in [3.63, 3.8) is 0 Å². The summed E-state index contributed by atoms with van der Waals surface area (Å²) in [5.74, 6) is 2.00. The summed E-state index contributed by atoms with van der Waals surface area (Å²) >= 11 is 0. The summed E-state index contributed by atoms with van der Waals surface area (Å²) in [5.41, 5.74) is 0.650. The maximum absolute atomic E-state index is 11.2. The molecule has 0 aliphatic carbocycles. The lowest BCUT2D eigenvalue weighted by molar-refractivity contribution is 0.101. The smallest absolute Gasteiger partial charge is 0.161 e. The Morgan fingerprint density at radius 2 is 2.17 bits per heavy atom. The first-order valence-electron chi connectivity index (χ1n) is 5.96. The summed E-state index contributed by atoms with van der Waals surface area (Å²) in [6.07, 6.45) is 5.46. The van der Waals surface area contributed by atoms with Gasteiger partial charge in [0.2, 0.25) is 0 Å². The minimum Gasteiger partial charge on any atom is -0.347 e. The highest BCUT2D eigenvalue weighted by molar-refractivity contribution is 5.93. The van der Waals surface area contributed by atoms with Crippen molar-refractivity contribution in [3.05, 3.63) is 42.1 Å². The van der Waals surface area contributed by atoms with E-state index in [0.717, 1.165) is 31.3 Å². The summed E-state index contributed by atoms with van der Waals surface area (Å²) in [6, 6.07) is 3.72. The summed E-state index contributed by atoms with van der Waals surface area (Å²) in [4.78, 5) is 22.0. The number of rotatable bonds is 2. The van der Waals surface area contributed by atoms with Crippen LogP contribution in [0.25, 0.3) is 0 Å². The molecule has 0 aromatic carbocycles. The van der Waals surface area contributed by atoms with Gasteiger partial charge in [-0.3, -0.25) is 4.79 Å². The van der Waals surface area contributed by atoms with E-state index in [-0.39, 0.29) is 5.78 Å². The monoisotopic (exact) mass is 242 g/mol. The number of hydrogen-bond acceptors (Lipinski definition) is 4. The van der Waals surface area contributed by atoms with E-state index in [0.29, 0.717) is 5.56 Å². The van der Waals surface area contributed by atoms with E-state index in [4.69, 9.17) is 0 Å². The van der Waals surface area contributed by atoms with Crippen molar-refractivity contribution in [2.45, 2.75) is 20.0 Å². The minimum atomic E-state index is 0.0447. The number of carbonyl (C=O) groups is 1. The largest absolute Gasteiger partial charge is 0.347 e. The van der Waals surface area contributed by atoms with Gasteiger partial charge in [0.05, 0.1) is 6.54 Å². The highest BCUT2D eigenvalue weighted by Crippen LogP contribution is 2.18. The van der Waals surface area contributed by atoms with Crippen LogP contribution in [0, 0.1) is 0 Å². The number of Topliss-reactive ketones (excluding diaryl/α,β-unsaturated/α-hetero) is 1. The van der Waals surface area contributed by atoms with Gasteiger partial charge in [0, 0.05) is 37.2 Å². The second kappa shape index (κ2) is 4.25. The van der Waals surface area contributed by atoms with E-state index in [1.54, 1.807) is 13.1 Å². The molecule has 0 N–H and O–H groups in total. The van der Waals surface area contributed by atoms with E-state index in [1.807, 2.05) is 24.5 Å². The maximum Gasteiger partial charge on any atom is 0.161 e. The number of fused-ring (bicyclic) bond motifs is 1. The van der Waals surface area contributed by atoms with E-state index in [1.165, 1.54) is 0 Å². The van der Waals surface area contributed by atoms with Crippen molar-refractivity contribution in [2.75, 3.05) is 11.4 Å². The van der Waals surface area contributed by atoms with Crippen molar-refractivity contribution >= 4 is 11.6 Å².